The van der Waals surface area contributed by atoms with Crippen molar-refractivity contribution in [1.29, 1.82) is 0 Å². The van der Waals surface area contributed by atoms with E-state index < -0.39 is 0 Å². The minimum Gasteiger partial charge on any atom is -0.497 e. The third-order valence-electron chi connectivity index (χ3n) is 3.94. The molecule has 110 valence electrons. The van der Waals surface area contributed by atoms with Crippen molar-refractivity contribution in [2.45, 2.75) is 25.5 Å². The predicted molar refractivity (Wildman–Crippen MR) is 84.0 cm³/mol. The Labute approximate surface area is 125 Å². The zero-order chi connectivity index (χ0) is 14.7. The molecule has 0 aromatic heterocycles. The number of hydrogen-bond donors (Lipinski definition) is 1. The minimum atomic E-state index is 0.120. The lowest BCUT2D eigenvalue weighted by atomic mass is 10.1. The molecule has 0 saturated carbocycles. The molecule has 2 unspecified atom stereocenters. The lowest BCUT2D eigenvalue weighted by Crippen LogP contribution is -2.32. The molecule has 1 aliphatic rings. The first kappa shape index (κ1) is 14.0. The number of fused-ring (bicyclic) bond motifs is 1. The van der Waals surface area contributed by atoms with Gasteiger partial charge in [-0.25, -0.2) is 0 Å². The van der Waals surface area contributed by atoms with E-state index in [0.29, 0.717) is 0 Å². The van der Waals surface area contributed by atoms with Crippen molar-refractivity contribution in [2.24, 2.45) is 0 Å². The van der Waals surface area contributed by atoms with Crippen LogP contribution < -0.4 is 14.8 Å². The number of likely N-dealkylation sites (N-methyl/N-ethyl adjacent to an activating group) is 1. The van der Waals surface area contributed by atoms with Crippen LogP contribution >= 0.6 is 0 Å². The van der Waals surface area contributed by atoms with Crippen LogP contribution in [-0.2, 0) is 6.42 Å². The molecule has 0 spiro atoms. The zero-order valence-electron chi connectivity index (χ0n) is 12.5. The smallest absolute Gasteiger partial charge is 0.122 e. The molecule has 0 radical (unpaired) electrons. The summed E-state index contributed by atoms with van der Waals surface area (Å²) < 4.78 is 11.5. The maximum Gasteiger partial charge on any atom is 0.122 e. The van der Waals surface area contributed by atoms with E-state index >= 15 is 0 Å². The van der Waals surface area contributed by atoms with Crippen LogP contribution in [0.1, 0.15) is 24.1 Å². The van der Waals surface area contributed by atoms with Gasteiger partial charge < -0.3 is 14.8 Å². The fraction of sp³-hybridized carbons (Fsp3) is 0.333. The molecule has 3 nitrogen and oxygen atoms in total. The van der Waals surface area contributed by atoms with Crippen LogP contribution in [0.25, 0.3) is 0 Å². The molecule has 21 heavy (non-hydrogen) atoms. The van der Waals surface area contributed by atoms with Gasteiger partial charge in [-0.2, -0.15) is 0 Å². The van der Waals surface area contributed by atoms with E-state index in [1.54, 1.807) is 7.11 Å². The maximum absolute atomic E-state index is 6.19. The second-order valence-electron chi connectivity index (χ2n) is 5.27. The molecule has 0 aliphatic heterocycles. The summed E-state index contributed by atoms with van der Waals surface area (Å²) in [6.45, 7) is 3.04. The van der Waals surface area contributed by atoms with Gasteiger partial charge in [-0.05, 0) is 41.9 Å². The van der Waals surface area contributed by atoms with Crippen LogP contribution in [0, 0.1) is 0 Å². The fourth-order valence-electron chi connectivity index (χ4n) is 2.96. The molecule has 3 rings (SSSR count). The molecule has 0 amide bonds. The molecule has 2 aromatic rings. The molecule has 1 aliphatic carbocycles. The number of rotatable bonds is 5. The van der Waals surface area contributed by atoms with E-state index in [1.807, 2.05) is 36.4 Å². The van der Waals surface area contributed by atoms with Crippen molar-refractivity contribution in [3.63, 3.8) is 0 Å². The Hall–Kier alpha value is -2.00. The Balaban J connectivity index is 1.85. The molecular formula is C18H21NO2. The van der Waals surface area contributed by atoms with Crippen molar-refractivity contribution in [1.82, 2.24) is 5.32 Å². The largest absolute Gasteiger partial charge is 0.497 e. The summed E-state index contributed by atoms with van der Waals surface area (Å²) in [5.74, 6) is 1.82. The highest BCUT2D eigenvalue weighted by molar-refractivity contribution is 5.42. The monoisotopic (exact) mass is 283 g/mol. The Morgan fingerprint density at radius 3 is 2.62 bits per heavy atom. The Morgan fingerprint density at radius 1 is 1.10 bits per heavy atom. The molecule has 0 bridgehead atoms. The number of hydrogen-bond acceptors (Lipinski definition) is 3. The van der Waals surface area contributed by atoms with Crippen LogP contribution in [0.5, 0.6) is 11.5 Å². The Bertz CT molecular complexity index is 597. The molecular weight excluding hydrogens is 262 g/mol. The van der Waals surface area contributed by atoms with Crippen LogP contribution in [0.2, 0.25) is 0 Å². The number of nitrogens with one attached hydrogen (secondary N) is 1. The van der Waals surface area contributed by atoms with Gasteiger partial charge in [0.25, 0.3) is 0 Å². The van der Waals surface area contributed by atoms with E-state index in [4.69, 9.17) is 9.47 Å². The summed E-state index contributed by atoms with van der Waals surface area (Å²) in [6.07, 6.45) is 1.04. The van der Waals surface area contributed by atoms with Gasteiger partial charge in [0.05, 0.1) is 13.2 Å². The van der Waals surface area contributed by atoms with Crippen LogP contribution in [0.3, 0.4) is 0 Å². The Kier molecular flexibility index (Phi) is 4.11. The van der Waals surface area contributed by atoms with Gasteiger partial charge in [0.2, 0.25) is 0 Å². The van der Waals surface area contributed by atoms with E-state index in [-0.39, 0.29) is 12.1 Å². The average Bonchev–Trinajstić information content (AvgIpc) is 2.85. The van der Waals surface area contributed by atoms with Gasteiger partial charge in [0, 0.05) is 6.42 Å². The van der Waals surface area contributed by atoms with Crippen molar-refractivity contribution in [3.8, 4) is 11.5 Å². The van der Waals surface area contributed by atoms with Gasteiger partial charge in [-0.15, -0.1) is 0 Å². The molecule has 0 heterocycles. The fourth-order valence-corrected chi connectivity index (χ4v) is 2.96. The van der Waals surface area contributed by atoms with Crippen molar-refractivity contribution >= 4 is 0 Å². The number of para-hydroxylation sites is 1. The van der Waals surface area contributed by atoms with Gasteiger partial charge in [-0.1, -0.05) is 31.2 Å². The third kappa shape index (κ3) is 2.88. The summed E-state index contributed by atoms with van der Waals surface area (Å²) in [5, 5.41) is 3.54. The van der Waals surface area contributed by atoms with E-state index in [1.165, 1.54) is 11.1 Å². The predicted octanol–water partition coefficient (Wildman–Crippen LogP) is 3.35. The van der Waals surface area contributed by atoms with Gasteiger partial charge in [0.1, 0.15) is 17.6 Å². The summed E-state index contributed by atoms with van der Waals surface area (Å²) in [7, 11) is 1.71. The summed E-state index contributed by atoms with van der Waals surface area (Å²) >= 11 is 0. The number of methoxy groups -OCH3 is 1. The molecule has 2 aromatic carbocycles. The van der Waals surface area contributed by atoms with Crippen LogP contribution in [-0.4, -0.2) is 19.8 Å². The number of benzene rings is 2. The van der Waals surface area contributed by atoms with Crippen LogP contribution in [0.15, 0.2) is 48.5 Å². The van der Waals surface area contributed by atoms with E-state index in [0.717, 1.165) is 24.5 Å². The summed E-state index contributed by atoms with van der Waals surface area (Å²) in [5.41, 5.74) is 2.62. The highest BCUT2D eigenvalue weighted by Crippen LogP contribution is 2.36. The second-order valence-corrected chi connectivity index (χ2v) is 5.27. The highest BCUT2D eigenvalue weighted by atomic mass is 16.5. The molecule has 3 heteroatoms. The average molecular weight is 283 g/mol. The van der Waals surface area contributed by atoms with Gasteiger partial charge in [0.15, 0.2) is 0 Å². The minimum absolute atomic E-state index is 0.120. The Morgan fingerprint density at radius 2 is 1.90 bits per heavy atom. The summed E-state index contributed by atoms with van der Waals surface area (Å²) in [4.78, 5) is 0. The molecule has 2 atom stereocenters. The van der Waals surface area contributed by atoms with Crippen molar-refractivity contribution in [2.75, 3.05) is 13.7 Å². The highest BCUT2D eigenvalue weighted by Gasteiger charge is 2.33. The van der Waals surface area contributed by atoms with Crippen LogP contribution in [0.4, 0.5) is 0 Å². The normalized spacial score (nSPS) is 20.1. The maximum atomic E-state index is 6.19. The standard InChI is InChI=1S/C18H21NO2/c1-3-19-18-16-12-15(20-2)10-9-13(16)11-17(18)21-14-7-5-4-6-8-14/h4-10,12,17-19H,3,11H2,1-2H3. The van der Waals surface area contributed by atoms with E-state index in [2.05, 4.69) is 24.4 Å². The first-order chi connectivity index (χ1) is 10.3. The molecule has 0 saturated heterocycles. The van der Waals surface area contributed by atoms with Gasteiger partial charge in [-0.3, -0.25) is 0 Å². The second kappa shape index (κ2) is 6.19. The first-order valence-corrected chi connectivity index (χ1v) is 7.43. The van der Waals surface area contributed by atoms with Crippen molar-refractivity contribution < 1.29 is 9.47 Å². The van der Waals surface area contributed by atoms with E-state index in [9.17, 15) is 0 Å². The zero-order valence-corrected chi connectivity index (χ0v) is 12.5. The molecule has 0 fully saturated rings. The lowest BCUT2D eigenvalue weighted by molar-refractivity contribution is 0.168. The SMILES string of the molecule is CCNC1c2cc(OC)ccc2CC1Oc1ccccc1. The summed E-state index contributed by atoms with van der Waals surface area (Å²) in [6, 6.07) is 16.5. The topological polar surface area (TPSA) is 30.5 Å². The molecule has 1 N–H and O–H groups in total. The lowest BCUT2D eigenvalue weighted by Gasteiger charge is -2.22. The van der Waals surface area contributed by atoms with Gasteiger partial charge >= 0.3 is 0 Å². The van der Waals surface area contributed by atoms with Crippen molar-refractivity contribution in [3.05, 3.63) is 59.7 Å². The first-order valence-electron chi connectivity index (χ1n) is 7.43. The quantitative estimate of drug-likeness (QED) is 0.913. The third-order valence-corrected chi connectivity index (χ3v) is 3.94. The number of ether oxygens (including phenoxy) is 2.